The highest BCUT2D eigenvalue weighted by Crippen LogP contribution is 2.34. The number of fused-ring (bicyclic) bond motifs is 1. The molecule has 2 aliphatic heterocycles. The third kappa shape index (κ3) is 5.55. The lowest BCUT2D eigenvalue weighted by Gasteiger charge is -2.46. The summed E-state index contributed by atoms with van der Waals surface area (Å²) in [5.74, 6) is 0.711. The number of pyridine rings is 1. The van der Waals surface area contributed by atoms with Crippen LogP contribution in [0.1, 0.15) is 42.1 Å². The predicted octanol–water partition coefficient (Wildman–Crippen LogP) is 5.71. The topological polar surface area (TPSA) is 56.7 Å². The van der Waals surface area contributed by atoms with E-state index in [1.165, 1.54) is 5.56 Å². The van der Waals surface area contributed by atoms with Crippen LogP contribution in [0.3, 0.4) is 0 Å². The fraction of sp³-hybridized carbons (Fsp3) is 0.448. The van der Waals surface area contributed by atoms with Gasteiger partial charge in [0.2, 0.25) is 0 Å². The zero-order valence-electron chi connectivity index (χ0n) is 20.6. The van der Waals surface area contributed by atoms with Crippen molar-refractivity contribution >= 4 is 40.0 Å². The van der Waals surface area contributed by atoms with Crippen molar-refractivity contribution in [1.82, 2.24) is 14.8 Å². The maximum absolute atomic E-state index is 13.2. The van der Waals surface area contributed by atoms with Crippen molar-refractivity contribution in [3.05, 3.63) is 75.9 Å². The largest absolute Gasteiger partial charge is 0.393 e. The second-order valence-corrected chi connectivity index (χ2v) is 11.1. The molecule has 3 atom stereocenters. The maximum atomic E-state index is 13.2. The summed E-state index contributed by atoms with van der Waals surface area (Å²) in [5.41, 5.74) is 2.80. The van der Waals surface area contributed by atoms with Crippen LogP contribution in [0.5, 0.6) is 0 Å². The third-order valence-corrected chi connectivity index (χ3v) is 8.80. The number of likely N-dealkylation sites (tertiary alicyclic amines) is 2. The monoisotopic (exact) mass is 525 g/mol. The molecule has 36 heavy (non-hydrogen) atoms. The van der Waals surface area contributed by atoms with Gasteiger partial charge in [-0.2, -0.15) is 0 Å². The van der Waals surface area contributed by atoms with Gasteiger partial charge in [-0.25, -0.2) is 0 Å². The minimum atomic E-state index is -0.371. The van der Waals surface area contributed by atoms with Crippen LogP contribution < -0.4 is 0 Å². The molecule has 5 rings (SSSR count). The molecule has 2 saturated heterocycles. The van der Waals surface area contributed by atoms with Crippen LogP contribution in [0.15, 0.2) is 54.7 Å². The van der Waals surface area contributed by atoms with Crippen molar-refractivity contribution in [2.24, 2.45) is 11.8 Å². The van der Waals surface area contributed by atoms with Gasteiger partial charge in [-0.05, 0) is 87.0 Å². The van der Waals surface area contributed by atoms with E-state index in [0.29, 0.717) is 22.0 Å². The molecule has 0 radical (unpaired) electrons. The summed E-state index contributed by atoms with van der Waals surface area (Å²) < 4.78 is 0. The fourth-order valence-corrected chi connectivity index (χ4v) is 6.30. The van der Waals surface area contributed by atoms with Gasteiger partial charge in [-0.15, -0.1) is 0 Å². The highest BCUT2D eigenvalue weighted by molar-refractivity contribution is 6.42. The highest BCUT2D eigenvalue weighted by Gasteiger charge is 2.36. The Hall–Kier alpha value is -2.18. The zero-order chi connectivity index (χ0) is 25.2. The van der Waals surface area contributed by atoms with E-state index in [0.717, 1.165) is 68.3 Å². The molecule has 1 aromatic heterocycles. The van der Waals surface area contributed by atoms with E-state index >= 15 is 0 Å². The van der Waals surface area contributed by atoms with E-state index in [-0.39, 0.29) is 17.9 Å². The van der Waals surface area contributed by atoms with Gasteiger partial charge < -0.3 is 10.0 Å². The second kappa shape index (κ2) is 11.1. The van der Waals surface area contributed by atoms with Crippen LogP contribution in [-0.4, -0.2) is 64.1 Å². The summed E-state index contributed by atoms with van der Waals surface area (Å²) in [5, 5.41) is 12.8. The van der Waals surface area contributed by atoms with Gasteiger partial charge >= 0.3 is 0 Å². The van der Waals surface area contributed by atoms with Gasteiger partial charge in [-0.3, -0.25) is 14.7 Å². The van der Waals surface area contributed by atoms with Gasteiger partial charge in [0.05, 0.1) is 21.7 Å². The Bertz CT molecular complexity index is 1230. The fourth-order valence-electron chi connectivity index (χ4n) is 5.98. The summed E-state index contributed by atoms with van der Waals surface area (Å²) in [6.07, 6.45) is 5.27. The number of amides is 1. The number of nitrogens with zero attached hydrogens (tertiary/aromatic N) is 3. The Morgan fingerprint density at radius 2 is 1.86 bits per heavy atom. The molecule has 1 amide bonds. The molecule has 0 bridgehead atoms. The van der Waals surface area contributed by atoms with E-state index in [1.807, 2.05) is 60.4 Å². The van der Waals surface area contributed by atoms with Crippen molar-refractivity contribution in [2.45, 2.75) is 44.8 Å². The van der Waals surface area contributed by atoms with E-state index in [2.05, 4.69) is 9.88 Å². The summed E-state index contributed by atoms with van der Waals surface area (Å²) in [4.78, 5) is 22.1. The molecule has 0 spiro atoms. The molecule has 2 fully saturated rings. The SMILES string of the molecule is CC(O)C1CN(C2CCN(C(=O)c3ccc4ncccc4c3)CC2)CCC1Cc1ccc(Cl)c(Cl)c1. The average molecular weight is 527 g/mol. The molecule has 3 heterocycles. The number of aliphatic hydroxyl groups excluding tert-OH is 1. The Balaban J connectivity index is 1.18. The van der Waals surface area contributed by atoms with Crippen LogP contribution in [0.4, 0.5) is 0 Å². The van der Waals surface area contributed by atoms with Crippen LogP contribution in [0.2, 0.25) is 10.0 Å². The second-order valence-electron chi connectivity index (χ2n) is 10.3. The smallest absolute Gasteiger partial charge is 0.253 e. The number of hydrogen-bond donors (Lipinski definition) is 1. The number of aromatic nitrogens is 1. The van der Waals surface area contributed by atoms with Gasteiger partial charge in [0, 0.05) is 48.7 Å². The minimum absolute atomic E-state index is 0.0985. The summed E-state index contributed by atoms with van der Waals surface area (Å²) in [7, 11) is 0. The van der Waals surface area contributed by atoms with Crippen LogP contribution in [0, 0.1) is 11.8 Å². The Kier molecular flexibility index (Phi) is 7.82. The number of aliphatic hydroxyl groups is 1. The first-order valence-electron chi connectivity index (χ1n) is 12.9. The minimum Gasteiger partial charge on any atom is -0.393 e. The average Bonchev–Trinajstić information content (AvgIpc) is 2.90. The number of piperidine rings is 2. The number of carbonyl (C=O) groups is 1. The quantitative estimate of drug-likeness (QED) is 0.463. The predicted molar refractivity (Wildman–Crippen MR) is 146 cm³/mol. The molecule has 2 aliphatic rings. The van der Waals surface area contributed by atoms with Crippen molar-refractivity contribution in [3.8, 4) is 0 Å². The van der Waals surface area contributed by atoms with Gasteiger partial charge in [0.1, 0.15) is 0 Å². The summed E-state index contributed by atoms with van der Waals surface area (Å²) in [6, 6.07) is 15.9. The molecule has 3 unspecified atom stereocenters. The lowest BCUT2D eigenvalue weighted by Crippen LogP contribution is -2.53. The Morgan fingerprint density at radius 1 is 1.06 bits per heavy atom. The van der Waals surface area contributed by atoms with Crippen molar-refractivity contribution < 1.29 is 9.90 Å². The molecular weight excluding hydrogens is 493 g/mol. The Morgan fingerprint density at radius 3 is 2.61 bits per heavy atom. The molecule has 3 aromatic rings. The molecule has 190 valence electrons. The first-order valence-corrected chi connectivity index (χ1v) is 13.6. The van der Waals surface area contributed by atoms with Crippen LogP contribution in [-0.2, 0) is 6.42 Å². The van der Waals surface area contributed by atoms with Gasteiger partial charge in [-0.1, -0.05) is 35.3 Å². The summed E-state index contributed by atoms with van der Waals surface area (Å²) >= 11 is 12.3. The Labute approximate surface area is 223 Å². The van der Waals surface area contributed by atoms with E-state index in [1.54, 1.807) is 6.20 Å². The molecule has 0 saturated carbocycles. The molecule has 2 aromatic carbocycles. The van der Waals surface area contributed by atoms with E-state index < -0.39 is 0 Å². The van der Waals surface area contributed by atoms with Crippen LogP contribution in [0.25, 0.3) is 10.9 Å². The lowest BCUT2D eigenvalue weighted by atomic mass is 9.78. The van der Waals surface area contributed by atoms with Crippen molar-refractivity contribution in [1.29, 1.82) is 0 Å². The molecular formula is C29H33Cl2N3O2. The number of benzene rings is 2. The first-order chi connectivity index (χ1) is 17.4. The zero-order valence-corrected chi connectivity index (χ0v) is 22.1. The molecule has 0 aliphatic carbocycles. The van der Waals surface area contributed by atoms with E-state index in [4.69, 9.17) is 23.2 Å². The van der Waals surface area contributed by atoms with Gasteiger partial charge in [0.25, 0.3) is 5.91 Å². The van der Waals surface area contributed by atoms with Crippen molar-refractivity contribution in [3.63, 3.8) is 0 Å². The molecule has 7 heteroatoms. The third-order valence-electron chi connectivity index (χ3n) is 8.06. The highest BCUT2D eigenvalue weighted by atomic mass is 35.5. The first kappa shape index (κ1) is 25.5. The standard InChI is InChI=1S/C29H33Cl2N3O2/c1-19(35)25-18-34(12-8-21(25)15-20-4-6-26(30)27(31)16-20)24-9-13-33(14-10-24)29(36)23-5-7-28-22(17-23)3-2-11-32-28/h2-7,11,16-17,19,21,24-25,35H,8-10,12-15,18H2,1H3. The number of hydrogen-bond acceptors (Lipinski definition) is 4. The maximum Gasteiger partial charge on any atom is 0.253 e. The lowest BCUT2D eigenvalue weighted by molar-refractivity contribution is -0.00472. The number of carbonyl (C=O) groups excluding carboxylic acids is 1. The normalized spacial score (nSPS) is 22.6. The number of rotatable bonds is 5. The summed E-state index contributed by atoms with van der Waals surface area (Å²) in [6.45, 7) is 5.34. The van der Waals surface area contributed by atoms with Gasteiger partial charge in [0.15, 0.2) is 0 Å². The van der Waals surface area contributed by atoms with Crippen molar-refractivity contribution in [2.75, 3.05) is 26.2 Å². The molecule has 1 N–H and O–H groups in total. The number of halogens is 2. The van der Waals surface area contributed by atoms with Crippen LogP contribution >= 0.6 is 23.2 Å². The van der Waals surface area contributed by atoms with E-state index in [9.17, 15) is 9.90 Å². The molecule has 5 nitrogen and oxygen atoms in total.